The first-order chi connectivity index (χ1) is 21.8. The van der Waals surface area contributed by atoms with Gasteiger partial charge in [-0.3, -0.25) is 14.4 Å². The van der Waals surface area contributed by atoms with Crippen LogP contribution in [-0.2, 0) is 9.59 Å². The predicted octanol–water partition coefficient (Wildman–Crippen LogP) is 8.03. The predicted molar refractivity (Wildman–Crippen MR) is 183 cm³/mol. The maximum Gasteiger partial charge on any atom is 0.272 e. The van der Waals surface area contributed by atoms with Crippen LogP contribution in [0.15, 0.2) is 126 Å². The van der Waals surface area contributed by atoms with Crippen molar-refractivity contribution in [1.29, 1.82) is 0 Å². The highest BCUT2D eigenvalue weighted by molar-refractivity contribution is 8.00. The number of fused-ring (bicyclic) bond motifs is 1. The number of nitrogens with one attached hydrogen (secondary N) is 3. The molecule has 0 fully saturated rings. The maximum absolute atomic E-state index is 13.7. The highest BCUT2D eigenvalue weighted by Gasteiger charge is 2.18. The summed E-state index contributed by atoms with van der Waals surface area (Å²) in [5, 5.41) is 10.5. The number of carbonyl (C=O) groups excluding carboxylic acids is 3. The van der Waals surface area contributed by atoms with Gasteiger partial charge < -0.3 is 20.7 Å². The van der Waals surface area contributed by atoms with Gasteiger partial charge >= 0.3 is 0 Å². The molecule has 0 aliphatic rings. The molecule has 3 N–H and O–H groups in total. The van der Waals surface area contributed by atoms with Gasteiger partial charge in [0.15, 0.2) is 0 Å². The highest BCUT2D eigenvalue weighted by atomic mass is 35.5. The van der Waals surface area contributed by atoms with Crippen molar-refractivity contribution < 1.29 is 19.1 Å². The Morgan fingerprint density at radius 1 is 0.800 bits per heavy atom. The largest absolute Gasteiger partial charge is 0.495 e. The van der Waals surface area contributed by atoms with E-state index in [9.17, 15) is 14.4 Å². The summed E-state index contributed by atoms with van der Waals surface area (Å²) in [5.74, 6) is -0.582. The second kappa shape index (κ2) is 14.6. The Morgan fingerprint density at radius 3 is 2.29 bits per heavy atom. The van der Waals surface area contributed by atoms with Crippen LogP contribution in [0, 0.1) is 0 Å². The molecule has 0 saturated carbocycles. The summed E-state index contributed by atoms with van der Waals surface area (Å²) < 4.78 is 5.17. The Hall–Kier alpha value is -5.05. The van der Waals surface area contributed by atoms with Gasteiger partial charge in [-0.1, -0.05) is 78.3 Å². The summed E-state index contributed by atoms with van der Waals surface area (Å²) in [5.41, 5.74) is 2.37. The molecule has 7 nitrogen and oxygen atoms in total. The molecule has 0 heterocycles. The van der Waals surface area contributed by atoms with Crippen LogP contribution in [0.3, 0.4) is 0 Å². The van der Waals surface area contributed by atoms with Gasteiger partial charge in [-0.15, -0.1) is 11.8 Å². The fourth-order valence-corrected chi connectivity index (χ4v) is 5.75. The lowest BCUT2D eigenvalue weighted by atomic mass is 10.0. The SMILES string of the molecule is COc1ccc(NC(=O)C(C)Sc2cccc(NC(=O)/C(=C\c3cccc4ccccc34)NC(=O)c3ccccc3)c2)cc1Cl. The number of ether oxygens (including phenoxy) is 1. The third kappa shape index (κ3) is 8.12. The van der Waals surface area contributed by atoms with Crippen LogP contribution in [0.2, 0.25) is 5.02 Å². The molecule has 45 heavy (non-hydrogen) atoms. The van der Waals surface area contributed by atoms with Crippen LogP contribution in [0.1, 0.15) is 22.8 Å². The van der Waals surface area contributed by atoms with E-state index < -0.39 is 17.1 Å². The van der Waals surface area contributed by atoms with Crippen molar-refractivity contribution in [3.05, 3.63) is 137 Å². The van der Waals surface area contributed by atoms with Crippen molar-refractivity contribution in [3.8, 4) is 5.75 Å². The van der Waals surface area contributed by atoms with E-state index in [4.69, 9.17) is 16.3 Å². The van der Waals surface area contributed by atoms with Crippen molar-refractivity contribution >= 4 is 69.3 Å². The monoisotopic (exact) mass is 635 g/mol. The number of thioether (sulfide) groups is 1. The van der Waals surface area contributed by atoms with E-state index in [-0.39, 0.29) is 11.6 Å². The molecule has 5 aromatic rings. The fraction of sp³-hybridized carbons (Fsp3) is 0.0833. The fourth-order valence-electron chi connectivity index (χ4n) is 4.57. The zero-order valence-corrected chi connectivity index (χ0v) is 26.1. The summed E-state index contributed by atoms with van der Waals surface area (Å²) >= 11 is 7.53. The first-order valence-corrected chi connectivity index (χ1v) is 15.3. The summed E-state index contributed by atoms with van der Waals surface area (Å²) in [6.07, 6.45) is 1.68. The molecule has 0 aromatic heterocycles. The van der Waals surface area contributed by atoms with Crippen molar-refractivity contribution in [1.82, 2.24) is 5.32 Å². The highest BCUT2D eigenvalue weighted by Crippen LogP contribution is 2.30. The van der Waals surface area contributed by atoms with Crippen molar-refractivity contribution in [3.63, 3.8) is 0 Å². The van der Waals surface area contributed by atoms with E-state index in [1.54, 1.807) is 73.7 Å². The summed E-state index contributed by atoms with van der Waals surface area (Å²) in [7, 11) is 1.53. The zero-order chi connectivity index (χ0) is 31.8. The van der Waals surface area contributed by atoms with Gasteiger partial charge in [0, 0.05) is 21.8 Å². The Balaban J connectivity index is 1.33. The molecule has 3 amide bonds. The lowest BCUT2D eigenvalue weighted by Crippen LogP contribution is -2.30. The van der Waals surface area contributed by atoms with Crippen LogP contribution in [0.4, 0.5) is 11.4 Å². The molecular weight excluding hydrogens is 606 g/mol. The number of rotatable bonds is 10. The number of benzene rings is 5. The van der Waals surface area contributed by atoms with Crippen LogP contribution < -0.4 is 20.7 Å². The lowest BCUT2D eigenvalue weighted by molar-refractivity contribution is -0.115. The zero-order valence-electron chi connectivity index (χ0n) is 24.5. The smallest absolute Gasteiger partial charge is 0.272 e. The number of anilines is 2. The molecule has 5 rings (SSSR count). The second-order valence-electron chi connectivity index (χ2n) is 10.0. The maximum atomic E-state index is 13.7. The van der Waals surface area contributed by atoms with Crippen molar-refractivity contribution in [2.75, 3.05) is 17.7 Å². The number of halogens is 1. The molecule has 0 spiro atoms. The Labute approximate surface area is 270 Å². The van der Waals surface area contributed by atoms with E-state index in [1.165, 1.54) is 18.9 Å². The van der Waals surface area contributed by atoms with E-state index in [2.05, 4.69) is 16.0 Å². The minimum atomic E-state index is -0.489. The van der Waals surface area contributed by atoms with Crippen molar-refractivity contribution in [2.24, 2.45) is 0 Å². The van der Waals surface area contributed by atoms with Gasteiger partial charge in [0.25, 0.3) is 11.8 Å². The summed E-state index contributed by atoms with van der Waals surface area (Å²) in [6, 6.07) is 34.6. The molecule has 0 bridgehead atoms. The number of hydrogen-bond acceptors (Lipinski definition) is 5. The Kier molecular flexibility index (Phi) is 10.2. The number of carbonyl (C=O) groups is 3. The second-order valence-corrected chi connectivity index (χ2v) is 11.8. The molecule has 0 aliphatic heterocycles. The van der Waals surface area contributed by atoms with E-state index in [1.807, 2.05) is 54.6 Å². The minimum absolute atomic E-state index is 0.0872. The van der Waals surface area contributed by atoms with Gasteiger partial charge in [0.1, 0.15) is 11.4 Å². The molecule has 0 aliphatic carbocycles. The molecule has 226 valence electrons. The third-order valence-electron chi connectivity index (χ3n) is 6.85. The molecule has 1 atom stereocenters. The van der Waals surface area contributed by atoms with Crippen molar-refractivity contribution in [2.45, 2.75) is 17.1 Å². The molecular formula is C36H30ClN3O4S. The first kappa shape index (κ1) is 31.4. The number of hydrogen-bond donors (Lipinski definition) is 3. The molecule has 9 heteroatoms. The average molecular weight is 636 g/mol. The van der Waals surface area contributed by atoms with Crippen LogP contribution in [0.5, 0.6) is 5.75 Å². The van der Waals surface area contributed by atoms with Crippen LogP contribution in [-0.4, -0.2) is 30.1 Å². The van der Waals surface area contributed by atoms with E-state index >= 15 is 0 Å². The van der Waals surface area contributed by atoms with Gasteiger partial charge in [-0.05, 0) is 77.9 Å². The third-order valence-corrected chi connectivity index (χ3v) is 8.23. The van der Waals surface area contributed by atoms with Gasteiger partial charge in [0.05, 0.1) is 17.4 Å². The summed E-state index contributed by atoms with van der Waals surface area (Å²) in [4.78, 5) is 40.4. The van der Waals surface area contributed by atoms with Crippen LogP contribution in [0.25, 0.3) is 16.8 Å². The van der Waals surface area contributed by atoms with Gasteiger partial charge in [-0.25, -0.2) is 0 Å². The number of methoxy groups -OCH3 is 1. The molecule has 0 saturated heterocycles. The first-order valence-electron chi connectivity index (χ1n) is 14.1. The average Bonchev–Trinajstić information content (AvgIpc) is 3.05. The normalized spacial score (nSPS) is 11.8. The Bertz CT molecular complexity index is 1890. The molecule has 0 radical (unpaired) electrons. The quantitative estimate of drug-likeness (QED) is 0.107. The van der Waals surface area contributed by atoms with Gasteiger partial charge in [-0.2, -0.15) is 0 Å². The lowest BCUT2D eigenvalue weighted by Gasteiger charge is -2.15. The van der Waals surface area contributed by atoms with Gasteiger partial charge in [0.2, 0.25) is 5.91 Å². The van der Waals surface area contributed by atoms with E-state index in [0.717, 1.165) is 21.2 Å². The number of amides is 3. The van der Waals surface area contributed by atoms with Crippen LogP contribution >= 0.6 is 23.4 Å². The standard InChI is InChI=1S/C36H30ClN3O4S/c1-23(34(41)38-28-18-19-33(44-2)31(37)22-28)45-29-16-9-15-27(21-29)39-36(43)32(40-35(42)25-11-4-3-5-12-25)20-26-14-8-13-24-10-6-7-17-30(24)26/h3-23H,1-2H3,(H,38,41)(H,39,43)(H,40,42)/b32-20+. The molecule has 1 unspecified atom stereocenters. The Morgan fingerprint density at radius 2 is 1.51 bits per heavy atom. The topological polar surface area (TPSA) is 96.5 Å². The molecule has 5 aromatic carbocycles. The minimum Gasteiger partial charge on any atom is -0.495 e. The summed E-state index contributed by atoms with van der Waals surface area (Å²) in [6.45, 7) is 1.79. The van der Waals surface area contributed by atoms with E-state index in [0.29, 0.717) is 27.7 Å².